The van der Waals surface area contributed by atoms with Crippen molar-refractivity contribution in [3.05, 3.63) is 51.9 Å². The van der Waals surface area contributed by atoms with E-state index < -0.39 is 0 Å². The maximum absolute atomic E-state index is 12.2. The summed E-state index contributed by atoms with van der Waals surface area (Å²) in [5, 5.41) is 3.89. The molecule has 0 saturated carbocycles. The molecule has 0 unspecified atom stereocenters. The highest BCUT2D eigenvalue weighted by atomic mass is 79.9. The van der Waals surface area contributed by atoms with Crippen molar-refractivity contribution in [2.75, 3.05) is 0 Å². The van der Waals surface area contributed by atoms with E-state index in [1.165, 1.54) is 6.21 Å². The standard InChI is InChI=1S/C16H17BrN2O3/c1-10(2)21-15-7-5-12(17)8-14(15)16(20)19-18-9-13-6-4-11(3)22-13/h4-10H,1-3H3,(H,19,20)/b18-9+. The van der Waals surface area contributed by atoms with Gasteiger partial charge in [0, 0.05) is 4.47 Å². The molecule has 116 valence electrons. The van der Waals surface area contributed by atoms with Crippen LogP contribution in [0.4, 0.5) is 0 Å². The minimum atomic E-state index is -0.350. The number of hydrogen-bond acceptors (Lipinski definition) is 4. The van der Waals surface area contributed by atoms with E-state index in [4.69, 9.17) is 9.15 Å². The molecule has 0 spiro atoms. The van der Waals surface area contributed by atoms with Crippen LogP contribution in [-0.4, -0.2) is 18.2 Å². The maximum Gasteiger partial charge on any atom is 0.275 e. The summed E-state index contributed by atoms with van der Waals surface area (Å²) in [4.78, 5) is 12.2. The number of nitrogens with one attached hydrogen (secondary N) is 1. The molecule has 0 saturated heterocycles. The smallest absolute Gasteiger partial charge is 0.275 e. The van der Waals surface area contributed by atoms with E-state index in [-0.39, 0.29) is 12.0 Å². The largest absolute Gasteiger partial charge is 0.490 e. The van der Waals surface area contributed by atoms with Gasteiger partial charge in [0.15, 0.2) is 0 Å². The van der Waals surface area contributed by atoms with E-state index in [1.54, 1.807) is 18.2 Å². The number of hydrogen-bond donors (Lipinski definition) is 1. The highest BCUT2D eigenvalue weighted by Gasteiger charge is 2.14. The summed E-state index contributed by atoms with van der Waals surface area (Å²) in [6.45, 7) is 5.65. The summed E-state index contributed by atoms with van der Waals surface area (Å²) in [5.74, 6) is 1.52. The van der Waals surface area contributed by atoms with Gasteiger partial charge in [-0.2, -0.15) is 5.10 Å². The van der Waals surface area contributed by atoms with Gasteiger partial charge in [-0.05, 0) is 51.1 Å². The van der Waals surface area contributed by atoms with Crippen LogP contribution in [0.15, 0.2) is 44.3 Å². The Balaban J connectivity index is 2.11. The van der Waals surface area contributed by atoms with Crippen LogP contribution in [0, 0.1) is 6.92 Å². The van der Waals surface area contributed by atoms with Crippen molar-refractivity contribution >= 4 is 28.1 Å². The molecule has 0 aliphatic carbocycles. The predicted octanol–water partition coefficient (Wildman–Crippen LogP) is 3.90. The van der Waals surface area contributed by atoms with Gasteiger partial charge in [-0.3, -0.25) is 4.79 Å². The fraction of sp³-hybridized carbons (Fsp3) is 0.250. The zero-order valence-electron chi connectivity index (χ0n) is 12.6. The van der Waals surface area contributed by atoms with Crippen LogP contribution in [0.25, 0.3) is 0 Å². The number of benzene rings is 1. The van der Waals surface area contributed by atoms with Crippen molar-refractivity contribution in [3.8, 4) is 5.75 Å². The van der Waals surface area contributed by atoms with Crippen LogP contribution in [0.5, 0.6) is 5.75 Å². The quantitative estimate of drug-likeness (QED) is 0.646. The number of carbonyl (C=O) groups is 1. The van der Waals surface area contributed by atoms with E-state index in [9.17, 15) is 4.79 Å². The molecule has 0 atom stereocenters. The van der Waals surface area contributed by atoms with Crippen LogP contribution in [0.1, 0.15) is 35.7 Å². The van der Waals surface area contributed by atoms with Gasteiger partial charge in [0.25, 0.3) is 5.91 Å². The van der Waals surface area contributed by atoms with Crippen molar-refractivity contribution < 1.29 is 13.9 Å². The highest BCUT2D eigenvalue weighted by Crippen LogP contribution is 2.24. The average Bonchev–Trinajstić information content (AvgIpc) is 2.86. The Kier molecular flexibility index (Phi) is 5.38. The summed E-state index contributed by atoms with van der Waals surface area (Å²) in [6.07, 6.45) is 1.42. The Morgan fingerprint density at radius 2 is 2.14 bits per heavy atom. The molecule has 0 aliphatic heterocycles. The second-order valence-corrected chi connectivity index (χ2v) is 5.87. The molecule has 2 rings (SSSR count). The van der Waals surface area contributed by atoms with E-state index in [2.05, 4.69) is 26.5 Å². The Morgan fingerprint density at radius 1 is 1.36 bits per heavy atom. The molecule has 0 radical (unpaired) electrons. The van der Waals surface area contributed by atoms with Crippen molar-refractivity contribution in [3.63, 3.8) is 0 Å². The molecule has 1 N–H and O–H groups in total. The van der Waals surface area contributed by atoms with Crippen LogP contribution in [0.3, 0.4) is 0 Å². The number of carbonyl (C=O) groups excluding carboxylic acids is 1. The first-order valence-electron chi connectivity index (χ1n) is 6.82. The first-order chi connectivity index (χ1) is 10.5. The van der Waals surface area contributed by atoms with Crippen molar-refractivity contribution in [1.82, 2.24) is 5.43 Å². The van der Waals surface area contributed by atoms with E-state index in [0.717, 1.165) is 10.2 Å². The lowest BCUT2D eigenvalue weighted by atomic mass is 10.2. The van der Waals surface area contributed by atoms with Crippen molar-refractivity contribution in [2.45, 2.75) is 26.9 Å². The first-order valence-corrected chi connectivity index (χ1v) is 7.61. The fourth-order valence-corrected chi connectivity index (χ4v) is 2.13. The number of nitrogens with zero attached hydrogens (tertiary/aromatic N) is 1. The van der Waals surface area contributed by atoms with E-state index >= 15 is 0 Å². The lowest BCUT2D eigenvalue weighted by molar-refractivity contribution is 0.0949. The third-order valence-electron chi connectivity index (χ3n) is 2.67. The van der Waals surface area contributed by atoms with E-state index in [1.807, 2.05) is 32.9 Å². The van der Waals surface area contributed by atoms with Gasteiger partial charge < -0.3 is 9.15 Å². The number of amides is 1. The summed E-state index contributed by atoms with van der Waals surface area (Å²) in [6, 6.07) is 8.87. The van der Waals surface area contributed by atoms with Gasteiger partial charge in [0.05, 0.1) is 17.9 Å². The minimum Gasteiger partial charge on any atom is -0.490 e. The van der Waals surface area contributed by atoms with Gasteiger partial charge in [-0.1, -0.05) is 15.9 Å². The number of rotatable bonds is 5. The summed E-state index contributed by atoms with van der Waals surface area (Å²) in [5.41, 5.74) is 2.88. The van der Waals surface area contributed by atoms with Gasteiger partial charge >= 0.3 is 0 Å². The van der Waals surface area contributed by atoms with Crippen molar-refractivity contribution in [2.24, 2.45) is 5.10 Å². The molecule has 0 aliphatic rings. The van der Waals surface area contributed by atoms with Crippen LogP contribution in [0.2, 0.25) is 0 Å². The number of halogens is 1. The van der Waals surface area contributed by atoms with Crippen LogP contribution in [-0.2, 0) is 0 Å². The van der Waals surface area contributed by atoms with E-state index in [0.29, 0.717) is 17.1 Å². The van der Waals surface area contributed by atoms with Crippen molar-refractivity contribution in [1.29, 1.82) is 0 Å². The fourth-order valence-electron chi connectivity index (χ4n) is 1.77. The summed E-state index contributed by atoms with van der Waals surface area (Å²) >= 11 is 3.35. The molecule has 1 aromatic carbocycles. The molecular formula is C16H17BrN2O3. The molecule has 0 fully saturated rings. The monoisotopic (exact) mass is 364 g/mol. The zero-order chi connectivity index (χ0) is 16.1. The zero-order valence-corrected chi connectivity index (χ0v) is 14.2. The number of furan rings is 1. The molecule has 22 heavy (non-hydrogen) atoms. The second kappa shape index (κ2) is 7.26. The number of ether oxygens (including phenoxy) is 1. The number of hydrazone groups is 1. The first kappa shape index (κ1) is 16.3. The summed E-state index contributed by atoms with van der Waals surface area (Å²) < 4.78 is 11.8. The van der Waals surface area contributed by atoms with Crippen LogP contribution < -0.4 is 10.2 Å². The predicted molar refractivity (Wildman–Crippen MR) is 88.4 cm³/mol. The molecule has 1 heterocycles. The molecule has 1 amide bonds. The Morgan fingerprint density at radius 3 is 2.77 bits per heavy atom. The number of aryl methyl sites for hydroxylation is 1. The Bertz CT molecular complexity index is 692. The topological polar surface area (TPSA) is 63.8 Å². The third-order valence-corrected chi connectivity index (χ3v) is 3.16. The lowest BCUT2D eigenvalue weighted by Crippen LogP contribution is -2.20. The molecule has 2 aromatic rings. The summed E-state index contributed by atoms with van der Waals surface area (Å²) in [7, 11) is 0. The Labute approximate surface area is 137 Å². The lowest BCUT2D eigenvalue weighted by Gasteiger charge is -2.13. The Hall–Kier alpha value is -2.08. The van der Waals surface area contributed by atoms with Gasteiger partial charge in [-0.25, -0.2) is 5.43 Å². The second-order valence-electron chi connectivity index (χ2n) is 4.95. The highest BCUT2D eigenvalue weighted by molar-refractivity contribution is 9.10. The van der Waals surface area contributed by atoms with Gasteiger partial charge in [0.2, 0.25) is 0 Å². The maximum atomic E-state index is 12.2. The third kappa shape index (κ3) is 4.46. The van der Waals surface area contributed by atoms with Gasteiger partial charge in [0.1, 0.15) is 17.3 Å². The normalized spacial score (nSPS) is 11.1. The van der Waals surface area contributed by atoms with Crippen LogP contribution >= 0.6 is 15.9 Å². The molecule has 1 aromatic heterocycles. The average molecular weight is 365 g/mol. The SMILES string of the molecule is Cc1ccc(/C=N/NC(=O)c2cc(Br)ccc2OC(C)C)o1. The van der Waals surface area contributed by atoms with Gasteiger partial charge in [-0.15, -0.1) is 0 Å². The molecule has 0 bridgehead atoms. The molecule has 6 heteroatoms. The molecule has 5 nitrogen and oxygen atoms in total. The minimum absolute atomic E-state index is 0.0256. The molecular weight excluding hydrogens is 348 g/mol.